The highest BCUT2D eigenvalue weighted by Gasteiger charge is 2.15. The SMILES string of the molecule is CC/C=C(/C=C(/C(=O)O)c1cc(F)ccc1C)c1ccc(-c2cccc(OC)c2)cc1. The minimum Gasteiger partial charge on any atom is -0.497 e. The molecule has 0 aromatic heterocycles. The van der Waals surface area contributed by atoms with Crippen molar-refractivity contribution in [1.82, 2.24) is 0 Å². The molecule has 0 unspecified atom stereocenters. The van der Waals surface area contributed by atoms with Crippen LogP contribution in [0.25, 0.3) is 22.3 Å². The molecule has 0 heterocycles. The molecule has 0 fully saturated rings. The molecule has 0 amide bonds. The van der Waals surface area contributed by atoms with E-state index in [0.717, 1.165) is 34.4 Å². The number of benzene rings is 3. The molecule has 0 saturated carbocycles. The van der Waals surface area contributed by atoms with Gasteiger partial charge in [0, 0.05) is 0 Å². The van der Waals surface area contributed by atoms with Gasteiger partial charge in [-0.3, -0.25) is 0 Å². The fourth-order valence-electron chi connectivity index (χ4n) is 3.43. The lowest BCUT2D eigenvalue weighted by Crippen LogP contribution is -2.03. The highest BCUT2D eigenvalue weighted by Crippen LogP contribution is 2.29. The molecule has 0 aliphatic carbocycles. The van der Waals surface area contributed by atoms with Gasteiger partial charge in [0.2, 0.25) is 0 Å². The Morgan fingerprint density at radius 2 is 1.77 bits per heavy atom. The lowest BCUT2D eigenvalue weighted by atomic mass is 9.94. The predicted molar refractivity (Wildman–Crippen MR) is 123 cm³/mol. The van der Waals surface area contributed by atoms with E-state index in [9.17, 15) is 14.3 Å². The van der Waals surface area contributed by atoms with Crippen LogP contribution in [-0.4, -0.2) is 18.2 Å². The molecule has 0 radical (unpaired) electrons. The maximum absolute atomic E-state index is 13.8. The van der Waals surface area contributed by atoms with Crippen LogP contribution in [0.5, 0.6) is 5.75 Å². The maximum Gasteiger partial charge on any atom is 0.336 e. The van der Waals surface area contributed by atoms with Gasteiger partial charge < -0.3 is 9.84 Å². The van der Waals surface area contributed by atoms with Gasteiger partial charge >= 0.3 is 5.97 Å². The van der Waals surface area contributed by atoms with Crippen LogP contribution < -0.4 is 4.74 Å². The fraction of sp³-hybridized carbons (Fsp3) is 0.148. The van der Waals surface area contributed by atoms with E-state index in [1.54, 1.807) is 26.2 Å². The smallest absolute Gasteiger partial charge is 0.336 e. The monoisotopic (exact) mass is 416 g/mol. The van der Waals surface area contributed by atoms with E-state index in [1.807, 2.05) is 61.5 Å². The maximum atomic E-state index is 13.8. The van der Waals surface area contributed by atoms with Gasteiger partial charge in [0.05, 0.1) is 12.7 Å². The van der Waals surface area contributed by atoms with Crippen LogP contribution in [0.2, 0.25) is 0 Å². The zero-order valence-electron chi connectivity index (χ0n) is 17.9. The molecule has 158 valence electrons. The van der Waals surface area contributed by atoms with Crippen LogP contribution in [0, 0.1) is 12.7 Å². The highest BCUT2D eigenvalue weighted by atomic mass is 19.1. The molecular formula is C27H25FO3. The van der Waals surface area contributed by atoms with Gasteiger partial charge in [0.15, 0.2) is 0 Å². The molecule has 0 bridgehead atoms. The standard InChI is InChI=1S/C27H25FO3/c1-4-6-21(16-26(27(29)30)25-17-23(28)14-9-18(25)2)19-10-12-20(13-11-19)22-7-5-8-24(15-22)31-3/h5-17H,4H2,1-3H3,(H,29,30)/b21-6-,26-16+. The van der Waals surface area contributed by atoms with E-state index in [-0.39, 0.29) is 5.57 Å². The second-order valence-corrected chi connectivity index (χ2v) is 7.20. The number of rotatable bonds is 7. The largest absolute Gasteiger partial charge is 0.497 e. The Kier molecular flexibility index (Phi) is 7.03. The Morgan fingerprint density at radius 1 is 1.03 bits per heavy atom. The van der Waals surface area contributed by atoms with E-state index < -0.39 is 11.8 Å². The lowest BCUT2D eigenvalue weighted by molar-refractivity contribution is -0.130. The average molecular weight is 416 g/mol. The second-order valence-electron chi connectivity index (χ2n) is 7.20. The van der Waals surface area contributed by atoms with Crippen molar-refractivity contribution in [2.45, 2.75) is 20.3 Å². The van der Waals surface area contributed by atoms with E-state index >= 15 is 0 Å². The van der Waals surface area contributed by atoms with Crippen LogP contribution >= 0.6 is 0 Å². The predicted octanol–water partition coefficient (Wildman–Crippen LogP) is 6.77. The summed E-state index contributed by atoms with van der Waals surface area (Å²) in [6.07, 6.45) is 4.32. The Balaban J connectivity index is 2.02. The first-order valence-corrected chi connectivity index (χ1v) is 10.1. The molecule has 0 saturated heterocycles. The number of halogens is 1. The van der Waals surface area contributed by atoms with Crippen LogP contribution in [0.15, 0.2) is 78.9 Å². The van der Waals surface area contributed by atoms with Crippen molar-refractivity contribution in [2.75, 3.05) is 7.11 Å². The number of hydrogen-bond donors (Lipinski definition) is 1. The molecule has 3 nitrogen and oxygen atoms in total. The average Bonchev–Trinajstić information content (AvgIpc) is 2.78. The zero-order chi connectivity index (χ0) is 22.4. The Morgan fingerprint density at radius 3 is 2.42 bits per heavy atom. The molecule has 0 aliphatic heterocycles. The summed E-state index contributed by atoms with van der Waals surface area (Å²) in [4.78, 5) is 12.0. The van der Waals surface area contributed by atoms with Crippen molar-refractivity contribution in [3.8, 4) is 16.9 Å². The number of hydrogen-bond acceptors (Lipinski definition) is 2. The van der Waals surface area contributed by atoms with Gasteiger partial charge in [-0.1, -0.05) is 55.5 Å². The number of aryl methyl sites for hydroxylation is 1. The minimum atomic E-state index is -1.09. The van der Waals surface area contributed by atoms with Gasteiger partial charge in [-0.15, -0.1) is 0 Å². The number of carboxylic acid groups (broad SMARTS) is 1. The van der Waals surface area contributed by atoms with Crippen molar-refractivity contribution < 1.29 is 19.0 Å². The second kappa shape index (κ2) is 9.90. The summed E-state index contributed by atoms with van der Waals surface area (Å²) in [7, 11) is 1.64. The molecule has 3 aromatic rings. The molecule has 31 heavy (non-hydrogen) atoms. The number of methoxy groups -OCH3 is 1. The molecule has 0 spiro atoms. The number of aliphatic carboxylic acids is 1. The summed E-state index contributed by atoms with van der Waals surface area (Å²) >= 11 is 0. The first kappa shape index (κ1) is 22.0. The van der Waals surface area contributed by atoms with Crippen LogP contribution in [-0.2, 0) is 4.79 Å². The van der Waals surface area contributed by atoms with Gasteiger partial charge in [-0.2, -0.15) is 0 Å². The first-order chi connectivity index (χ1) is 14.9. The minimum absolute atomic E-state index is 0.0635. The highest BCUT2D eigenvalue weighted by molar-refractivity contribution is 6.18. The van der Waals surface area contributed by atoms with Crippen molar-refractivity contribution in [3.05, 3.63) is 101 Å². The molecule has 3 rings (SSSR count). The Bertz CT molecular complexity index is 1140. The lowest BCUT2D eigenvalue weighted by Gasteiger charge is -2.11. The van der Waals surface area contributed by atoms with Gasteiger partial charge in [0.1, 0.15) is 11.6 Å². The number of allylic oxidation sites excluding steroid dienone is 3. The van der Waals surface area contributed by atoms with Crippen molar-refractivity contribution in [1.29, 1.82) is 0 Å². The van der Waals surface area contributed by atoms with E-state index in [2.05, 4.69) is 0 Å². The normalized spacial score (nSPS) is 12.0. The quantitative estimate of drug-likeness (QED) is 0.341. The van der Waals surface area contributed by atoms with Crippen LogP contribution in [0.3, 0.4) is 0 Å². The van der Waals surface area contributed by atoms with Crippen molar-refractivity contribution >= 4 is 17.1 Å². The summed E-state index contributed by atoms with van der Waals surface area (Å²) in [5, 5.41) is 9.82. The molecule has 1 N–H and O–H groups in total. The summed E-state index contributed by atoms with van der Waals surface area (Å²) in [6.45, 7) is 3.77. The van der Waals surface area contributed by atoms with Crippen molar-refractivity contribution in [2.24, 2.45) is 0 Å². The topological polar surface area (TPSA) is 46.5 Å². The summed E-state index contributed by atoms with van der Waals surface area (Å²) in [6, 6.07) is 19.9. The van der Waals surface area contributed by atoms with Gasteiger partial charge in [-0.05, 0) is 77.1 Å². The van der Waals surface area contributed by atoms with E-state index in [4.69, 9.17) is 4.74 Å². The third-order valence-corrected chi connectivity index (χ3v) is 5.07. The van der Waals surface area contributed by atoms with E-state index in [0.29, 0.717) is 11.1 Å². The summed E-state index contributed by atoms with van der Waals surface area (Å²) in [5.41, 5.74) is 4.88. The van der Waals surface area contributed by atoms with Crippen LogP contribution in [0.1, 0.15) is 30.0 Å². The summed E-state index contributed by atoms with van der Waals surface area (Å²) in [5.74, 6) is -0.771. The number of ether oxygens (including phenoxy) is 1. The fourth-order valence-corrected chi connectivity index (χ4v) is 3.43. The van der Waals surface area contributed by atoms with Crippen molar-refractivity contribution in [3.63, 3.8) is 0 Å². The molecular weight excluding hydrogens is 391 g/mol. The van der Waals surface area contributed by atoms with E-state index in [1.165, 1.54) is 12.1 Å². The Labute approximate surface area is 182 Å². The zero-order valence-corrected chi connectivity index (χ0v) is 17.9. The third-order valence-electron chi connectivity index (χ3n) is 5.07. The molecule has 0 aliphatic rings. The molecule has 4 heteroatoms. The first-order valence-electron chi connectivity index (χ1n) is 10.1. The Hall–Kier alpha value is -3.66. The van der Waals surface area contributed by atoms with Gasteiger partial charge in [-0.25, -0.2) is 9.18 Å². The number of carboxylic acids is 1. The van der Waals surface area contributed by atoms with Gasteiger partial charge in [0.25, 0.3) is 0 Å². The molecule has 0 atom stereocenters. The van der Waals surface area contributed by atoms with Crippen LogP contribution in [0.4, 0.5) is 4.39 Å². The number of carbonyl (C=O) groups is 1. The summed E-state index contributed by atoms with van der Waals surface area (Å²) < 4.78 is 19.1. The molecule has 3 aromatic carbocycles. The third kappa shape index (κ3) is 5.28.